The summed E-state index contributed by atoms with van der Waals surface area (Å²) in [7, 11) is -1.93. The van der Waals surface area contributed by atoms with E-state index < -0.39 is 15.9 Å². The van der Waals surface area contributed by atoms with E-state index in [4.69, 9.17) is 0 Å². The van der Waals surface area contributed by atoms with Crippen LogP contribution in [0.15, 0.2) is 40.3 Å². The van der Waals surface area contributed by atoms with Crippen LogP contribution in [0.3, 0.4) is 0 Å². The number of aryl methyl sites for hydroxylation is 1. The minimum absolute atomic E-state index is 0.0227. The van der Waals surface area contributed by atoms with Crippen LogP contribution in [-0.4, -0.2) is 53.0 Å². The van der Waals surface area contributed by atoms with Crippen LogP contribution in [0, 0.1) is 0 Å². The molecule has 31 heavy (non-hydrogen) atoms. The number of aliphatic hydroxyl groups excluding tert-OH is 1. The molecule has 0 amide bonds. The molecule has 1 atom stereocenters. The average molecular weight is 446 g/mol. The third kappa shape index (κ3) is 5.02. The molecule has 166 valence electrons. The van der Waals surface area contributed by atoms with Gasteiger partial charge in [0.15, 0.2) is 9.84 Å². The Morgan fingerprint density at radius 1 is 1.19 bits per heavy atom. The van der Waals surface area contributed by atoms with E-state index in [-0.39, 0.29) is 23.0 Å². The van der Waals surface area contributed by atoms with Crippen LogP contribution < -0.4 is 16.2 Å². The number of nitrogens with one attached hydrogen (secondary N) is 2. The maximum Gasteiger partial charge on any atom is 0.264 e. The topological polar surface area (TPSA) is 126 Å². The van der Waals surface area contributed by atoms with Crippen LogP contribution in [0.1, 0.15) is 20.8 Å². The van der Waals surface area contributed by atoms with E-state index in [1.807, 2.05) is 13.8 Å². The van der Waals surface area contributed by atoms with Gasteiger partial charge in [-0.25, -0.2) is 18.4 Å². The van der Waals surface area contributed by atoms with Gasteiger partial charge in [-0.15, -0.1) is 0 Å². The van der Waals surface area contributed by atoms with Crippen molar-refractivity contribution in [1.82, 2.24) is 14.5 Å². The van der Waals surface area contributed by atoms with Crippen molar-refractivity contribution in [2.75, 3.05) is 23.4 Å². The molecule has 0 aliphatic carbocycles. The monoisotopic (exact) mass is 445 g/mol. The van der Waals surface area contributed by atoms with Crippen molar-refractivity contribution in [3.63, 3.8) is 0 Å². The van der Waals surface area contributed by atoms with Gasteiger partial charge in [-0.3, -0.25) is 4.79 Å². The van der Waals surface area contributed by atoms with Crippen LogP contribution in [0.25, 0.3) is 22.2 Å². The molecule has 0 saturated carbocycles. The Hall–Kier alpha value is -2.98. The van der Waals surface area contributed by atoms with Gasteiger partial charge in [-0.05, 0) is 39.0 Å². The Labute approximate surface area is 181 Å². The number of pyridine rings is 1. The van der Waals surface area contributed by atoms with Gasteiger partial charge >= 0.3 is 0 Å². The van der Waals surface area contributed by atoms with Crippen molar-refractivity contribution in [3.05, 3.63) is 40.9 Å². The summed E-state index contributed by atoms with van der Waals surface area (Å²) in [5, 5.41) is 16.1. The van der Waals surface area contributed by atoms with Crippen LogP contribution in [0.5, 0.6) is 0 Å². The molecule has 2 heterocycles. The number of fused-ring (bicyclic) bond motifs is 1. The van der Waals surface area contributed by atoms with E-state index in [2.05, 4.69) is 20.6 Å². The maximum atomic E-state index is 12.7. The average Bonchev–Trinajstić information content (AvgIpc) is 2.67. The molecule has 0 radical (unpaired) electrons. The first-order valence-electron chi connectivity index (χ1n) is 9.86. The highest BCUT2D eigenvalue weighted by molar-refractivity contribution is 7.90. The number of nitrogens with zero attached hydrogens (tertiary/aromatic N) is 3. The number of benzene rings is 1. The highest BCUT2D eigenvalue weighted by Crippen LogP contribution is 2.30. The van der Waals surface area contributed by atoms with E-state index in [1.54, 1.807) is 32.2 Å². The summed E-state index contributed by atoms with van der Waals surface area (Å²) in [5.74, 6) is 0.397. The third-order valence-electron chi connectivity index (χ3n) is 4.59. The zero-order chi connectivity index (χ0) is 22.9. The van der Waals surface area contributed by atoms with E-state index >= 15 is 0 Å². The van der Waals surface area contributed by atoms with Crippen molar-refractivity contribution in [3.8, 4) is 11.3 Å². The van der Waals surface area contributed by atoms with Gasteiger partial charge in [0, 0.05) is 31.5 Å². The van der Waals surface area contributed by atoms with E-state index in [0.29, 0.717) is 33.7 Å². The summed E-state index contributed by atoms with van der Waals surface area (Å²) >= 11 is 0. The van der Waals surface area contributed by atoms with E-state index in [9.17, 15) is 18.3 Å². The molecule has 0 bridgehead atoms. The first-order chi connectivity index (χ1) is 14.5. The zero-order valence-corrected chi connectivity index (χ0v) is 19.0. The van der Waals surface area contributed by atoms with Gasteiger partial charge in [0.25, 0.3) is 5.56 Å². The minimum Gasteiger partial charge on any atom is -0.392 e. The molecule has 1 unspecified atom stereocenters. The second-order valence-corrected chi connectivity index (χ2v) is 9.91. The van der Waals surface area contributed by atoms with E-state index in [1.165, 1.54) is 17.0 Å². The number of hydrogen-bond donors (Lipinski definition) is 3. The van der Waals surface area contributed by atoms with Crippen molar-refractivity contribution in [1.29, 1.82) is 0 Å². The predicted octanol–water partition coefficient (Wildman–Crippen LogP) is 2.01. The van der Waals surface area contributed by atoms with Crippen molar-refractivity contribution in [2.45, 2.75) is 37.8 Å². The first kappa shape index (κ1) is 22.7. The van der Waals surface area contributed by atoms with Gasteiger partial charge in [0.1, 0.15) is 11.2 Å². The zero-order valence-electron chi connectivity index (χ0n) is 18.2. The van der Waals surface area contributed by atoms with Gasteiger partial charge < -0.3 is 20.3 Å². The fourth-order valence-corrected chi connectivity index (χ4v) is 4.02. The standard InChI is InChI=1S/C21H27N5O4S/c1-12(2)24-20-19-17(23-11-26(4)21(19)28)9-16(25-20)14-6-7-15(22-10-13(3)27)18(8-14)31(5,29)30/h6-9,11-13,22,27H,10H2,1-5H3,(H,24,25). The maximum absolute atomic E-state index is 12.7. The normalized spacial score (nSPS) is 12.9. The fourth-order valence-electron chi connectivity index (χ4n) is 3.14. The Morgan fingerprint density at radius 3 is 2.52 bits per heavy atom. The highest BCUT2D eigenvalue weighted by Gasteiger charge is 2.18. The van der Waals surface area contributed by atoms with Crippen LogP contribution >= 0.6 is 0 Å². The second-order valence-electron chi connectivity index (χ2n) is 7.92. The first-order valence-corrected chi connectivity index (χ1v) is 11.8. The molecule has 0 aliphatic heterocycles. The van der Waals surface area contributed by atoms with Crippen molar-refractivity contribution in [2.24, 2.45) is 7.05 Å². The Bertz CT molecular complexity index is 1280. The summed E-state index contributed by atoms with van der Waals surface area (Å²) in [6.45, 7) is 5.70. The molecule has 0 aliphatic rings. The summed E-state index contributed by atoms with van der Waals surface area (Å²) in [4.78, 5) is 21.7. The van der Waals surface area contributed by atoms with Gasteiger partial charge in [0.2, 0.25) is 0 Å². The number of aromatic nitrogens is 3. The van der Waals surface area contributed by atoms with Crippen LogP contribution in [0.2, 0.25) is 0 Å². The molecule has 0 fully saturated rings. The largest absolute Gasteiger partial charge is 0.392 e. The second kappa shape index (κ2) is 8.64. The predicted molar refractivity (Wildman–Crippen MR) is 122 cm³/mol. The summed E-state index contributed by atoms with van der Waals surface area (Å²) in [5.41, 5.74) is 1.71. The third-order valence-corrected chi connectivity index (χ3v) is 5.73. The Morgan fingerprint density at radius 2 is 1.90 bits per heavy atom. The lowest BCUT2D eigenvalue weighted by atomic mass is 10.1. The number of hydrogen-bond acceptors (Lipinski definition) is 8. The quantitative estimate of drug-likeness (QED) is 0.504. The van der Waals surface area contributed by atoms with Gasteiger partial charge in [-0.1, -0.05) is 6.07 Å². The molecule has 10 heteroatoms. The molecule has 3 N–H and O–H groups in total. The highest BCUT2D eigenvalue weighted by atomic mass is 32.2. The number of anilines is 2. The molecule has 3 aromatic rings. The van der Waals surface area contributed by atoms with Crippen LogP contribution in [0.4, 0.5) is 11.5 Å². The molecule has 0 saturated heterocycles. The minimum atomic E-state index is -3.55. The Kier molecular flexibility index (Phi) is 6.33. The molecule has 9 nitrogen and oxygen atoms in total. The molecule has 3 rings (SSSR count). The molecular weight excluding hydrogens is 418 g/mol. The smallest absolute Gasteiger partial charge is 0.264 e. The summed E-state index contributed by atoms with van der Waals surface area (Å²) in [6, 6.07) is 6.62. The number of sulfone groups is 1. The molecule has 1 aromatic carbocycles. The summed E-state index contributed by atoms with van der Waals surface area (Å²) in [6.07, 6.45) is 1.94. The lowest BCUT2D eigenvalue weighted by Gasteiger charge is -2.16. The van der Waals surface area contributed by atoms with Crippen molar-refractivity contribution < 1.29 is 13.5 Å². The van der Waals surface area contributed by atoms with Gasteiger partial charge in [-0.2, -0.15) is 0 Å². The lowest BCUT2D eigenvalue weighted by Crippen LogP contribution is -2.21. The molecular formula is C21H27N5O4S. The summed E-state index contributed by atoms with van der Waals surface area (Å²) < 4.78 is 26.2. The van der Waals surface area contributed by atoms with Crippen LogP contribution in [-0.2, 0) is 16.9 Å². The Balaban J connectivity index is 2.21. The van der Waals surface area contributed by atoms with Gasteiger partial charge in [0.05, 0.1) is 34.2 Å². The van der Waals surface area contributed by atoms with Crippen molar-refractivity contribution >= 4 is 32.2 Å². The van der Waals surface area contributed by atoms with E-state index in [0.717, 1.165) is 6.26 Å². The molecule has 2 aromatic heterocycles. The number of rotatable bonds is 7. The lowest BCUT2D eigenvalue weighted by molar-refractivity contribution is 0.208. The fraction of sp³-hybridized carbons (Fsp3) is 0.381. The number of aliphatic hydroxyl groups is 1. The molecule has 0 spiro atoms. The SMILES string of the molecule is CC(O)CNc1ccc(-c2cc3ncn(C)c(=O)c3c(NC(C)C)n2)cc1S(C)(=O)=O.